The molecule has 0 unspecified atom stereocenters. The topological polar surface area (TPSA) is 51.2 Å². The highest BCUT2D eigenvalue weighted by Gasteiger charge is 2.05. The zero-order valence-corrected chi connectivity index (χ0v) is 13.4. The molecule has 0 aliphatic rings. The third-order valence-corrected chi connectivity index (χ3v) is 3.53. The molecule has 0 saturated carbocycles. The largest absolute Gasteiger partial charge is 0.457 e. The Labute approximate surface area is 141 Å². The molecule has 3 aromatic rings. The summed E-state index contributed by atoms with van der Waals surface area (Å²) < 4.78 is 5.74. The smallest absolute Gasteiger partial charge is 0.253 e. The Bertz CT molecular complexity index is 797. The number of carbonyl (C=O) groups is 1. The zero-order chi connectivity index (χ0) is 16.8. The van der Waals surface area contributed by atoms with Crippen LogP contribution in [-0.2, 0) is 6.54 Å². The van der Waals surface area contributed by atoms with Crippen LogP contribution in [0.1, 0.15) is 21.6 Å². The number of rotatable bonds is 5. The molecule has 2 aromatic carbocycles. The number of nitrogens with one attached hydrogen (secondary N) is 1. The first-order valence-electron chi connectivity index (χ1n) is 7.73. The number of para-hydroxylation sites is 1. The number of amides is 1. The summed E-state index contributed by atoms with van der Waals surface area (Å²) in [4.78, 5) is 16.2. The van der Waals surface area contributed by atoms with Crippen LogP contribution in [0.15, 0.2) is 72.9 Å². The average molecular weight is 318 g/mol. The van der Waals surface area contributed by atoms with E-state index in [0.717, 1.165) is 22.8 Å². The first-order chi connectivity index (χ1) is 11.7. The first-order valence-corrected chi connectivity index (χ1v) is 7.73. The Hall–Kier alpha value is -3.14. The van der Waals surface area contributed by atoms with Crippen molar-refractivity contribution in [2.24, 2.45) is 0 Å². The third-order valence-electron chi connectivity index (χ3n) is 3.53. The summed E-state index contributed by atoms with van der Waals surface area (Å²) in [6.45, 7) is 2.35. The summed E-state index contributed by atoms with van der Waals surface area (Å²) in [5, 5.41) is 2.88. The molecule has 0 atom stereocenters. The summed E-state index contributed by atoms with van der Waals surface area (Å²) in [5.74, 6) is 1.43. The molecular weight excluding hydrogens is 300 g/mol. The molecule has 0 fully saturated rings. The predicted molar refractivity (Wildman–Crippen MR) is 93.1 cm³/mol. The summed E-state index contributed by atoms with van der Waals surface area (Å²) >= 11 is 0. The molecule has 0 aliphatic carbocycles. The van der Waals surface area contributed by atoms with Crippen LogP contribution in [-0.4, -0.2) is 10.9 Å². The Morgan fingerprint density at radius 3 is 2.33 bits per heavy atom. The molecule has 120 valence electrons. The number of ether oxygens (including phenoxy) is 1. The molecule has 1 heterocycles. The fourth-order valence-corrected chi connectivity index (χ4v) is 2.19. The lowest BCUT2D eigenvalue weighted by Crippen LogP contribution is -2.22. The third kappa shape index (κ3) is 4.20. The fraction of sp³-hybridized carbons (Fsp3) is 0.100. The SMILES string of the molecule is Cc1ccc(C(=O)NCc2ccc(Oc3ccccc3)cc2)cn1. The van der Waals surface area contributed by atoms with Gasteiger partial charge >= 0.3 is 0 Å². The van der Waals surface area contributed by atoms with Crippen LogP contribution in [0, 0.1) is 6.92 Å². The van der Waals surface area contributed by atoms with Gasteiger partial charge in [0.05, 0.1) is 5.56 Å². The van der Waals surface area contributed by atoms with Crippen LogP contribution in [0.25, 0.3) is 0 Å². The lowest BCUT2D eigenvalue weighted by Gasteiger charge is -2.08. The van der Waals surface area contributed by atoms with E-state index in [-0.39, 0.29) is 5.91 Å². The van der Waals surface area contributed by atoms with Gasteiger partial charge in [0.2, 0.25) is 0 Å². The fourth-order valence-electron chi connectivity index (χ4n) is 2.19. The van der Waals surface area contributed by atoms with Crippen molar-refractivity contribution in [3.05, 3.63) is 89.7 Å². The van der Waals surface area contributed by atoms with Gasteiger partial charge in [-0.3, -0.25) is 9.78 Å². The number of carbonyl (C=O) groups excluding carboxylic acids is 1. The van der Waals surface area contributed by atoms with Crippen LogP contribution < -0.4 is 10.1 Å². The molecule has 0 bridgehead atoms. The molecular formula is C20H18N2O2. The van der Waals surface area contributed by atoms with Crippen molar-refractivity contribution in [2.75, 3.05) is 0 Å². The summed E-state index contributed by atoms with van der Waals surface area (Å²) in [6, 6.07) is 20.9. The number of nitrogens with zero attached hydrogens (tertiary/aromatic N) is 1. The molecule has 4 nitrogen and oxygen atoms in total. The van der Waals surface area contributed by atoms with Crippen LogP contribution >= 0.6 is 0 Å². The van der Waals surface area contributed by atoms with Crippen molar-refractivity contribution in [3.8, 4) is 11.5 Å². The van der Waals surface area contributed by atoms with Crippen LogP contribution in [0.4, 0.5) is 0 Å². The summed E-state index contributed by atoms with van der Waals surface area (Å²) in [5.41, 5.74) is 2.45. The van der Waals surface area contributed by atoms with E-state index in [0.29, 0.717) is 12.1 Å². The van der Waals surface area contributed by atoms with Crippen molar-refractivity contribution in [1.29, 1.82) is 0 Å². The number of hydrogen-bond donors (Lipinski definition) is 1. The molecule has 0 spiro atoms. The van der Waals surface area contributed by atoms with E-state index in [9.17, 15) is 4.79 Å². The van der Waals surface area contributed by atoms with Crippen molar-refractivity contribution in [2.45, 2.75) is 13.5 Å². The Morgan fingerprint density at radius 2 is 1.67 bits per heavy atom. The van der Waals surface area contributed by atoms with Gasteiger partial charge in [0, 0.05) is 18.4 Å². The van der Waals surface area contributed by atoms with E-state index in [1.54, 1.807) is 12.3 Å². The van der Waals surface area contributed by atoms with E-state index < -0.39 is 0 Å². The maximum Gasteiger partial charge on any atom is 0.253 e. The summed E-state index contributed by atoms with van der Waals surface area (Å²) in [6.07, 6.45) is 1.58. The maximum absolute atomic E-state index is 12.1. The van der Waals surface area contributed by atoms with Gasteiger partial charge in [-0.05, 0) is 48.9 Å². The lowest BCUT2D eigenvalue weighted by atomic mass is 10.2. The minimum absolute atomic E-state index is 0.132. The van der Waals surface area contributed by atoms with Crippen LogP contribution in [0.5, 0.6) is 11.5 Å². The number of pyridine rings is 1. The van der Waals surface area contributed by atoms with Gasteiger partial charge < -0.3 is 10.1 Å². The Morgan fingerprint density at radius 1 is 0.958 bits per heavy atom. The van der Waals surface area contributed by atoms with E-state index >= 15 is 0 Å². The minimum atomic E-state index is -0.132. The standard InChI is InChI=1S/C20H18N2O2/c1-15-7-10-17(14-21-15)20(23)22-13-16-8-11-19(12-9-16)24-18-5-3-2-4-6-18/h2-12,14H,13H2,1H3,(H,22,23). The second-order valence-corrected chi connectivity index (χ2v) is 5.43. The van der Waals surface area contributed by atoms with E-state index in [4.69, 9.17) is 4.74 Å². The highest BCUT2D eigenvalue weighted by molar-refractivity contribution is 5.93. The van der Waals surface area contributed by atoms with Gasteiger partial charge in [-0.1, -0.05) is 30.3 Å². The minimum Gasteiger partial charge on any atom is -0.457 e. The van der Waals surface area contributed by atoms with E-state index in [2.05, 4.69) is 10.3 Å². The number of aryl methyl sites for hydroxylation is 1. The molecule has 4 heteroatoms. The highest BCUT2D eigenvalue weighted by atomic mass is 16.5. The van der Waals surface area contributed by atoms with E-state index in [1.165, 1.54) is 0 Å². The molecule has 3 rings (SSSR count). The average Bonchev–Trinajstić information content (AvgIpc) is 2.62. The number of aromatic nitrogens is 1. The zero-order valence-electron chi connectivity index (χ0n) is 13.4. The lowest BCUT2D eigenvalue weighted by molar-refractivity contribution is 0.0950. The van der Waals surface area contributed by atoms with Crippen molar-refractivity contribution in [1.82, 2.24) is 10.3 Å². The van der Waals surface area contributed by atoms with Gasteiger partial charge in [0.25, 0.3) is 5.91 Å². The van der Waals surface area contributed by atoms with Gasteiger partial charge in [0.15, 0.2) is 0 Å². The van der Waals surface area contributed by atoms with Gasteiger partial charge in [-0.2, -0.15) is 0 Å². The first kappa shape index (κ1) is 15.7. The molecule has 24 heavy (non-hydrogen) atoms. The molecule has 0 aliphatic heterocycles. The molecule has 1 N–H and O–H groups in total. The summed E-state index contributed by atoms with van der Waals surface area (Å²) in [7, 11) is 0. The number of hydrogen-bond acceptors (Lipinski definition) is 3. The molecule has 0 saturated heterocycles. The van der Waals surface area contributed by atoms with Crippen LogP contribution in [0.2, 0.25) is 0 Å². The molecule has 1 aromatic heterocycles. The van der Waals surface area contributed by atoms with Gasteiger partial charge in [-0.25, -0.2) is 0 Å². The van der Waals surface area contributed by atoms with Gasteiger partial charge in [0.1, 0.15) is 11.5 Å². The highest BCUT2D eigenvalue weighted by Crippen LogP contribution is 2.21. The normalized spacial score (nSPS) is 10.2. The predicted octanol–water partition coefficient (Wildman–Crippen LogP) is 4.11. The van der Waals surface area contributed by atoms with Crippen LogP contribution in [0.3, 0.4) is 0 Å². The van der Waals surface area contributed by atoms with Crippen molar-refractivity contribution in [3.63, 3.8) is 0 Å². The quantitative estimate of drug-likeness (QED) is 0.770. The monoisotopic (exact) mass is 318 g/mol. The molecule has 0 radical (unpaired) electrons. The van der Waals surface area contributed by atoms with Crippen molar-refractivity contribution >= 4 is 5.91 Å². The molecule has 1 amide bonds. The number of benzene rings is 2. The Balaban J connectivity index is 1.56. The Kier molecular flexibility index (Phi) is 4.87. The van der Waals surface area contributed by atoms with E-state index in [1.807, 2.05) is 67.6 Å². The van der Waals surface area contributed by atoms with Crippen molar-refractivity contribution < 1.29 is 9.53 Å². The maximum atomic E-state index is 12.1. The second kappa shape index (κ2) is 7.42. The van der Waals surface area contributed by atoms with Gasteiger partial charge in [-0.15, -0.1) is 0 Å². The second-order valence-electron chi connectivity index (χ2n) is 5.43.